The molecule has 0 spiro atoms. The highest BCUT2D eigenvalue weighted by Gasteiger charge is 2.21. The molecule has 0 unspecified atom stereocenters. The minimum Gasteiger partial charge on any atom is -0.324 e. The van der Waals surface area contributed by atoms with Gasteiger partial charge in [-0.25, -0.2) is 8.42 Å². The first-order valence-electron chi connectivity index (χ1n) is 8.29. The number of benzene rings is 2. The first-order chi connectivity index (χ1) is 11.8. The molecule has 2 aromatic rings. The zero-order valence-electron chi connectivity index (χ0n) is 14.8. The van der Waals surface area contributed by atoms with Crippen LogP contribution in [0.3, 0.4) is 0 Å². The summed E-state index contributed by atoms with van der Waals surface area (Å²) in [6.07, 6.45) is 2.76. The number of sulfonamides is 1. The van der Waals surface area contributed by atoms with Crippen molar-refractivity contribution in [2.45, 2.75) is 26.7 Å². The highest BCUT2D eigenvalue weighted by atomic mass is 32.2. The fraction of sp³-hybridized carbons (Fsp3) is 0.316. The van der Waals surface area contributed by atoms with Crippen molar-refractivity contribution in [1.82, 2.24) is 0 Å². The summed E-state index contributed by atoms with van der Waals surface area (Å²) in [5, 5.41) is 2.81. The molecule has 2 rings (SSSR count). The Kier molecular flexibility index (Phi) is 6.20. The lowest BCUT2D eigenvalue weighted by Gasteiger charge is -2.22. The van der Waals surface area contributed by atoms with Gasteiger partial charge in [0.15, 0.2) is 0 Å². The summed E-state index contributed by atoms with van der Waals surface area (Å²) in [7, 11) is -3.57. The molecule has 0 aromatic heterocycles. The zero-order chi connectivity index (χ0) is 18.4. The molecule has 134 valence electrons. The quantitative estimate of drug-likeness (QED) is 0.824. The molecule has 0 saturated carbocycles. The maximum atomic E-state index is 12.4. The van der Waals surface area contributed by atoms with Crippen LogP contribution in [0.25, 0.3) is 0 Å². The van der Waals surface area contributed by atoms with Crippen molar-refractivity contribution in [2.75, 3.05) is 22.4 Å². The lowest BCUT2D eigenvalue weighted by Crippen LogP contribution is -2.37. The molecule has 25 heavy (non-hydrogen) atoms. The van der Waals surface area contributed by atoms with Gasteiger partial charge in [0.25, 0.3) is 0 Å². The second kappa shape index (κ2) is 8.16. The van der Waals surface area contributed by atoms with Gasteiger partial charge in [0, 0.05) is 5.69 Å². The highest BCUT2D eigenvalue weighted by Crippen LogP contribution is 2.20. The summed E-state index contributed by atoms with van der Waals surface area (Å²) < 4.78 is 25.4. The monoisotopic (exact) mass is 360 g/mol. The van der Waals surface area contributed by atoms with Gasteiger partial charge in [-0.15, -0.1) is 0 Å². The maximum Gasteiger partial charge on any atom is 0.245 e. The Morgan fingerprint density at radius 1 is 1.00 bits per heavy atom. The van der Waals surface area contributed by atoms with E-state index in [-0.39, 0.29) is 12.5 Å². The maximum absolute atomic E-state index is 12.4. The van der Waals surface area contributed by atoms with Crippen LogP contribution >= 0.6 is 0 Å². The van der Waals surface area contributed by atoms with E-state index in [0.29, 0.717) is 11.4 Å². The SMILES string of the molecule is CCc1ccc(N(CC(=O)Nc2ccccc2CC)S(C)(=O)=O)cc1. The van der Waals surface area contributed by atoms with Crippen molar-refractivity contribution < 1.29 is 13.2 Å². The number of carbonyl (C=O) groups is 1. The van der Waals surface area contributed by atoms with E-state index in [2.05, 4.69) is 5.32 Å². The second-order valence-corrected chi connectivity index (χ2v) is 7.76. The summed E-state index contributed by atoms with van der Waals surface area (Å²) in [6.45, 7) is 3.77. The Balaban J connectivity index is 2.20. The molecule has 0 aliphatic rings. The molecule has 0 heterocycles. The van der Waals surface area contributed by atoms with E-state index >= 15 is 0 Å². The number of hydrogen-bond acceptors (Lipinski definition) is 3. The van der Waals surface area contributed by atoms with Crippen molar-refractivity contribution in [3.05, 3.63) is 59.7 Å². The molecule has 6 heteroatoms. The topological polar surface area (TPSA) is 66.5 Å². The second-order valence-electron chi connectivity index (χ2n) is 5.85. The van der Waals surface area contributed by atoms with Crippen molar-refractivity contribution in [1.29, 1.82) is 0 Å². The lowest BCUT2D eigenvalue weighted by molar-refractivity contribution is -0.114. The van der Waals surface area contributed by atoms with E-state index in [1.54, 1.807) is 12.1 Å². The van der Waals surface area contributed by atoms with Gasteiger partial charge in [-0.3, -0.25) is 9.10 Å². The average molecular weight is 360 g/mol. The van der Waals surface area contributed by atoms with E-state index in [1.807, 2.05) is 50.2 Å². The first kappa shape index (κ1) is 19.0. The summed E-state index contributed by atoms with van der Waals surface area (Å²) in [5.41, 5.74) is 3.32. The van der Waals surface area contributed by atoms with Crippen LogP contribution in [0.15, 0.2) is 48.5 Å². The number of amides is 1. The molecule has 0 aliphatic carbocycles. The van der Waals surface area contributed by atoms with E-state index in [9.17, 15) is 13.2 Å². The largest absolute Gasteiger partial charge is 0.324 e. The molecular weight excluding hydrogens is 336 g/mol. The van der Waals surface area contributed by atoms with Crippen molar-refractivity contribution >= 4 is 27.3 Å². The molecule has 0 aliphatic heterocycles. The number of nitrogens with zero attached hydrogens (tertiary/aromatic N) is 1. The van der Waals surface area contributed by atoms with Crippen LogP contribution in [0.5, 0.6) is 0 Å². The predicted molar refractivity (Wildman–Crippen MR) is 102 cm³/mol. The van der Waals surface area contributed by atoms with E-state index in [0.717, 1.165) is 34.5 Å². The summed E-state index contributed by atoms with van der Waals surface area (Å²) in [6, 6.07) is 14.7. The van der Waals surface area contributed by atoms with Gasteiger partial charge in [-0.1, -0.05) is 44.2 Å². The van der Waals surface area contributed by atoms with Crippen LogP contribution < -0.4 is 9.62 Å². The molecule has 0 saturated heterocycles. The van der Waals surface area contributed by atoms with Crippen molar-refractivity contribution in [3.63, 3.8) is 0 Å². The van der Waals surface area contributed by atoms with Crippen LogP contribution in [-0.2, 0) is 27.7 Å². The van der Waals surface area contributed by atoms with Gasteiger partial charge in [0.2, 0.25) is 15.9 Å². The highest BCUT2D eigenvalue weighted by molar-refractivity contribution is 7.92. The normalized spacial score (nSPS) is 11.2. The third-order valence-electron chi connectivity index (χ3n) is 3.99. The minimum atomic E-state index is -3.57. The number of aryl methyl sites for hydroxylation is 2. The summed E-state index contributed by atoms with van der Waals surface area (Å²) >= 11 is 0. The van der Waals surface area contributed by atoms with Gasteiger partial charge < -0.3 is 5.32 Å². The minimum absolute atomic E-state index is 0.262. The molecule has 5 nitrogen and oxygen atoms in total. The Bertz CT molecular complexity index is 830. The Morgan fingerprint density at radius 2 is 1.64 bits per heavy atom. The molecule has 0 fully saturated rings. The molecule has 0 bridgehead atoms. The van der Waals surface area contributed by atoms with Crippen LogP contribution in [0.2, 0.25) is 0 Å². The van der Waals surface area contributed by atoms with Crippen LogP contribution in [0.1, 0.15) is 25.0 Å². The van der Waals surface area contributed by atoms with Crippen LogP contribution in [-0.4, -0.2) is 27.1 Å². The van der Waals surface area contributed by atoms with Gasteiger partial charge in [0.1, 0.15) is 6.54 Å². The van der Waals surface area contributed by atoms with Gasteiger partial charge >= 0.3 is 0 Å². The van der Waals surface area contributed by atoms with Crippen LogP contribution in [0, 0.1) is 0 Å². The van der Waals surface area contributed by atoms with Crippen LogP contribution in [0.4, 0.5) is 11.4 Å². The number of nitrogens with one attached hydrogen (secondary N) is 1. The fourth-order valence-corrected chi connectivity index (χ4v) is 3.43. The van der Waals surface area contributed by atoms with E-state index in [4.69, 9.17) is 0 Å². The smallest absolute Gasteiger partial charge is 0.245 e. The summed E-state index contributed by atoms with van der Waals surface area (Å²) in [4.78, 5) is 12.4. The van der Waals surface area contributed by atoms with E-state index < -0.39 is 10.0 Å². The van der Waals surface area contributed by atoms with Gasteiger partial charge in [-0.2, -0.15) is 0 Å². The third kappa shape index (κ3) is 5.06. The molecule has 1 amide bonds. The van der Waals surface area contributed by atoms with E-state index in [1.165, 1.54) is 0 Å². The predicted octanol–water partition coefficient (Wildman–Crippen LogP) is 3.22. The fourth-order valence-electron chi connectivity index (χ4n) is 2.57. The summed E-state index contributed by atoms with van der Waals surface area (Å²) in [5.74, 6) is -0.370. The number of rotatable bonds is 7. The number of carbonyl (C=O) groups excluding carboxylic acids is 1. The van der Waals surface area contributed by atoms with Crippen molar-refractivity contribution in [3.8, 4) is 0 Å². The Labute approximate surface area is 149 Å². The lowest BCUT2D eigenvalue weighted by atomic mass is 10.1. The molecule has 0 radical (unpaired) electrons. The Morgan fingerprint density at radius 3 is 2.20 bits per heavy atom. The van der Waals surface area contributed by atoms with Gasteiger partial charge in [0.05, 0.1) is 11.9 Å². The number of hydrogen-bond donors (Lipinski definition) is 1. The molecular formula is C19H24N2O3S. The molecule has 2 aromatic carbocycles. The average Bonchev–Trinajstić information content (AvgIpc) is 2.59. The standard InChI is InChI=1S/C19H24N2O3S/c1-4-15-10-12-17(13-11-15)21(25(3,23)24)14-19(22)20-18-9-7-6-8-16(18)5-2/h6-13H,4-5,14H2,1-3H3,(H,20,22). The third-order valence-corrected chi connectivity index (χ3v) is 5.13. The zero-order valence-corrected chi connectivity index (χ0v) is 15.6. The van der Waals surface area contributed by atoms with Gasteiger partial charge in [-0.05, 0) is 42.2 Å². The molecule has 0 atom stereocenters. The molecule has 1 N–H and O–H groups in total. The first-order valence-corrected chi connectivity index (χ1v) is 10.1. The number of para-hydroxylation sites is 1. The Hall–Kier alpha value is -2.34. The number of anilines is 2. The van der Waals surface area contributed by atoms with Crippen molar-refractivity contribution in [2.24, 2.45) is 0 Å².